The lowest BCUT2D eigenvalue weighted by Crippen LogP contribution is -2.43. The van der Waals surface area contributed by atoms with Gasteiger partial charge in [0.1, 0.15) is 0 Å². The normalized spacial score (nSPS) is 35.4. The summed E-state index contributed by atoms with van der Waals surface area (Å²) < 4.78 is 0. The molecule has 2 unspecified atom stereocenters. The fourth-order valence-corrected chi connectivity index (χ4v) is 5.48. The minimum Gasteiger partial charge on any atom is -0.316 e. The van der Waals surface area contributed by atoms with E-state index in [1.165, 1.54) is 83.7 Å². The quantitative estimate of drug-likeness (QED) is 0.688. The van der Waals surface area contributed by atoms with Crippen molar-refractivity contribution in [1.82, 2.24) is 5.32 Å². The molecule has 1 heterocycles. The third-order valence-corrected chi connectivity index (χ3v) is 6.60. The van der Waals surface area contributed by atoms with Gasteiger partial charge in [-0.1, -0.05) is 77.0 Å². The number of rotatable bonds is 2. The lowest BCUT2D eigenvalue weighted by Gasteiger charge is -2.41. The Hall–Kier alpha value is -0.0400. The molecule has 2 aliphatic carbocycles. The van der Waals surface area contributed by atoms with Crippen LogP contribution in [-0.2, 0) is 0 Å². The molecule has 3 aliphatic rings. The summed E-state index contributed by atoms with van der Waals surface area (Å²) in [7, 11) is 0. The average molecular weight is 277 g/mol. The van der Waals surface area contributed by atoms with E-state index >= 15 is 0 Å². The summed E-state index contributed by atoms with van der Waals surface area (Å²) in [5, 5.41) is 3.74. The van der Waals surface area contributed by atoms with E-state index in [0.29, 0.717) is 0 Å². The van der Waals surface area contributed by atoms with Crippen LogP contribution in [0.2, 0.25) is 0 Å². The molecule has 0 amide bonds. The fourth-order valence-electron chi connectivity index (χ4n) is 5.48. The molecule has 0 aromatic heterocycles. The largest absolute Gasteiger partial charge is 0.316 e. The van der Waals surface area contributed by atoms with E-state index in [1.807, 2.05) is 0 Å². The fraction of sp³-hybridized carbons (Fsp3) is 1.00. The molecular weight excluding hydrogens is 242 g/mol. The van der Waals surface area contributed by atoms with Gasteiger partial charge >= 0.3 is 0 Å². The number of hydrogen-bond acceptors (Lipinski definition) is 1. The average Bonchev–Trinajstić information content (AvgIpc) is 2.92. The Bertz CT molecular complexity index is 231. The molecule has 1 heteroatoms. The van der Waals surface area contributed by atoms with Gasteiger partial charge in [-0.2, -0.15) is 0 Å². The van der Waals surface area contributed by atoms with Crippen LogP contribution in [0.25, 0.3) is 0 Å². The van der Waals surface area contributed by atoms with Gasteiger partial charge in [0.05, 0.1) is 0 Å². The summed E-state index contributed by atoms with van der Waals surface area (Å²) in [6, 6.07) is 0. The number of nitrogens with one attached hydrogen (secondary N) is 1. The Kier molecular flexibility index (Phi) is 5.82. The first-order valence-corrected chi connectivity index (χ1v) is 9.66. The molecule has 3 rings (SSSR count). The molecule has 0 radical (unpaired) electrons. The van der Waals surface area contributed by atoms with E-state index < -0.39 is 0 Å². The standard InChI is InChI=1S/C19H35N/c1-2-6-10-16(9-5-1)18-13-14-20-15-19(18)17-11-7-3-4-8-12-17/h16-20H,1-15H2. The van der Waals surface area contributed by atoms with Crippen molar-refractivity contribution < 1.29 is 0 Å². The molecule has 0 aromatic rings. The first-order valence-electron chi connectivity index (χ1n) is 9.66. The van der Waals surface area contributed by atoms with Gasteiger partial charge < -0.3 is 5.32 Å². The van der Waals surface area contributed by atoms with Crippen LogP contribution in [0.5, 0.6) is 0 Å². The van der Waals surface area contributed by atoms with Crippen LogP contribution in [0.1, 0.15) is 83.5 Å². The Morgan fingerprint density at radius 2 is 1.00 bits per heavy atom. The third kappa shape index (κ3) is 3.78. The second-order valence-corrected chi connectivity index (χ2v) is 7.82. The Morgan fingerprint density at radius 3 is 1.55 bits per heavy atom. The summed E-state index contributed by atoms with van der Waals surface area (Å²) >= 11 is 0. The maximum atomic E-state index is 3.74. The van der Waals surface area contributed by atoms with Crippen LogP contribution in [0.4, 0.5) is 0 Å². The summed E-state index contributed by atoms with van der Waals surface area (Å²) in [5.41, 5.74) is 0. The van der Waals surface area contributed by atoms with E-state index in [2.05, 4.69) is 5.32 Å². The summed E-state index contributed by atoms with van der Waals surface area (Å²) in [6.07, 6.45) is 19.7. The molecule has 0 bridgehead atoms. The minimum atomic E-state index is 1.02. The first kappa shape index (κ1) is 14.9. The van der Waals surface area contributed by atoms with Crippen molar-refractivity contribution in [2.24, 2.45) is 23.7 Å². The van der Waals surface area contributed by atoms with Gasteiger partial charge in [-0.15, -0.1) is 0 Å². The van der Waals surface area contributed by atoms with Crippen molar-refractivity contribution in [2.45, 2.75) is 83.5 Å². The van der Waals surface area contributed by atoms with Crippen LogP contribution in [0.3, 0.4) is 0 Å². The van der Waals surface area contributed by atoms with E-state index in [1.54, 1.807) is 12.8 Å². The van der Waals surface area contributed by atoms with Gasteiger partial charge in [0.25, 0.3) is 0 Å². The summed E-state index contributed by atoms with van der Waals surface area (Å²) in [6.45, 7) is 2.64. The van der Waals surface area contributed by atoms with Crippen LogP contribution in [0, 0.1) is 23.7 Å². The second kappa shape index (κ2) is 7.82. The zero-order valence-corrected chi connectivity index (χ0v) is 13.4. The molecule has 0 aromatic carbocycles. The zero-order chi connectivity index (χ0) is 13.6. The third-order valence-electron chi connectivity index (χ3n) is 6.60. The highest BCUT2D eigenvalue weighted by molar-refractivity contribution is 4.88. The predicted octanol–water partition coefficient (Wildman–Crippen LogP) is 5.15. The van der Waals surface area contributed by atoms with E-state index in [9.17, 15) is 0 Å². The van der Waals surface area contributed by atoms with E-state index in [0.717, 1.165) is 23.7 Å². The van der Waals surface area contributed by atoms with Crippen LogP contribution in [0.15, 0.2) is 0 Å². The number of hydrogen-bond donors (Lipinski definition) is 1. The van der Waals surface area contributed by atoms with Crippen molar-refractivity contribution in [3.8, 4) is 0 Å². The lowest BCUT2D eigenvalue weighted by atomic mass is 9.68. The van der Waals surface area contributed by atoms with E-state index in [4.69, 9.17) is 0 Å². The molecule has 2 atom stereocenters. The molecular formula is C19H35N. The van der Waals surface area contributed by atoms with Crippen molar-refractivity contribution >= 4 is 0 Å². The molecule has 3 fully saturated rings. The highest BCUT2D eigenvalue weighted by Crippen LogP contribution is 2.42. The maximum Gasteiger partial charge on any atom is -0.00151 e. The summed E-state index contributed by atoms with van der Waals surface area (Å²) in [4.78, 5) is 0. The molecule has 1 N–H and O–H groups in total. The monoisotopic (exact) mass is 277 g/mol. The smallest absolute Gasteiger partial charge is 0.00151 e. The maximum absolute atomic E-state index is 3.74. The Balaban J connectivity index is 1.65. The molecule has 1 saturated heterocycles. The molecule has 0 spiro atoms. The Labute approximate surface area is 126 Å². The van der Waals surface area contributed by atoms with Crippen molar-refractivity contribution in [1.29, 1.82) is 0 Å². The summed E-state index contributed by atoms with van der Waals surface area (Å²) in [5.74, 6) is 4.22. The minimum absolute atomic E-state index is 1.02. The van der Waals surface area contributed by atoms with Crippen molar-refractivity contribution in [3.63, 3.8) is 0 Å². The topological polar surface area (TPSA) is 12.0 Å². The molecule has 1 aliphatic heterocycles. The van der Waals surface area contributed by atoms with Gasteiger partial charge in [0, 0.05) is 0 Å². The lowest BCUT2D eigenvalue weighted by molar-refractivity contribution is 0.101. The van der Waals surface area contributed by atoms with Crippen LogP contribution in [-0.4, -0.2) is 13.1 Å². The molecule has 116 valence electrons. The van der Waals surface area contributed by atoms with Crippen LogP contribution >= 0.6 is 0 Å². The number of piperidine rings is 1. The zero-order valence-electron chi connectivity index (χ0n) is 13.4. The second-order valence-electron chi connectivity index (χ2n) is 7.82. The van der Waals surface area contributed by atoms with Gasteiger partial charge in [-0.05, 0) is 43.2 Å². The van der Waals surface area contributed by atoms with Crippen LogP contribution < -0.4 is 5.32 Å². The molecule has 2 saturated carbocycles. The highest BCUT2D eigenvalue weighted by Gasteiger charge is 2.36. The van der Waals surface area contributed by atoms with Gasteiger partial charge in [-0.25, -0.2) is 0 Å². The predicted molar refractivity (Wildman–Crippen MR) is 86.9 cm³/mol. The van der Waals surface area contributed by atoms with Gasteiger partial charge in [0.15, 0.2) is 0 Å². The van der Waals surface area contributed by atoms with E-state index in [-0.39, 0.29) is 0 Å². The first-order chi connectivity index (χ1) is 9.95. The molecule has 1 nitrogen and oxygen atoms in total. The van der Waals surface area contributed by atoms with Crippen molar-refractivity contribution in [3.05, 3.63) is 0 Å². The Morgan fingerprint density at radius 1 is 0.500 bits per heavy atom. The van der Waals surface area contributed by atoms with Gasteiger partial charge in [0.2, 0.25) is 0 Å². The van der Waals surface area contributed by atoms with Crippen molar-refractivity contribution in [2.75, 3.05) is 13.1 Å². The SMILES string of the molecule is C1CCCC(C2CCNCC2C2CCCCCC2)CC1. The highest BCUT2D eigenvalue weighted by atomic mass is 14.9. The molecule has 20 heavy (non-hydrogen) atoms. The van der Waals surface area contributed by atoms with Gasteiger partial charge in [-0.3, -0.25) is 0 Å².